The molecule has 1 atom stereocenters. The molecule has 1 aromatic rings. The lowest BCUT2D eigenvalue weighted by Crippen LogP contribution is -2.54. The van der Waals surface area contributed by atoms with Crippen LogP contribution in [0.4, 0.5) is 4.39 Å². The van der Waals surface area contributed by atoms with Gasteiger partial charge in [-0.1, -0.05) is 0 Å². The Morgan fingerprint density at radius 2 is 2.14 bits per heavy atom. The van der Waals surface area contributed by atoms with Crippen molar-refractivity contribution in [1.82, 2.24) is 4.31 Å². The molecule has 1 aromatic carbocycles. The fourth-order valence-corrected chi connectivity index (χ4v) is 3.07. The van der Waals surface area contributed by atoms with Gasteiger partial charge in [0, 0.05) is 19.2 Å². The maximum Gasteiger partial charge on any atom is 0.174 e. The van der Waals surface area contributed by atoms with Gasteiger partial charge in [0.1, 0.15) is 12.4 Å². The zero-order valence-electron chi connectivity index (χ0n) is 11.8. The molecule has 21 heavy (non-hydrogen) atoms. The minimum atomic E-state index is -1.18. The number of halogens is 1. The number of nitrogens with two attached hydrogens (primary N) is 1. The number of ether oxygens (including phenoxy) is 2. The van der Waals surface area contributed by atoms with Crippen LogP contribution in [0, 0.1) is 0 Å². The lowest BCUT2D eigenvalue weighted by atomic mass is 10.2. The lowest BCUT2D eigenvalue weighted by Gasteiger charge is -2.36. The van der Waals surface area contributed by atoms with Gasteiger partial charge in [0.05, 0.1) is 36.9 Å². The first-order valence-electron chi connectivity index (χ1n) is 6.58. The van der Waals surface area contributed by atoms with E-state index in [0.717, 1.165) is 0 Å². The molecule has 1 unspecified atom stereocenters. The molecule has 2 rings (SSSR count). The van der Waals surface area contributed by atoms with E-state index in [1.54, 1.807) is 31.4 Å². The van der Waals surface area contributed by atoms with Gasteiger partial charge >= 0.3 is 0 Å². The number of rotatable bonds is 7. The molecule has 0 bridgehead atoms. The van der Waals surface area contributed by atoms with Crippen LogP contribution in [0.3, 0.4) is 0 Å². The maximum absolute atomic E-state index is 12.3. The zero-order chi connectivity index (χ0) is 15.2. The summed E-state index contributed by atoms with van der Waals surface area (Å²) in [5, 5.41) is 0. The van der Waals surface area contributed by atoms with Crippen LogP contribution in [0.15, 0.2) is 41.1 Å². The van der Waals surface area contributed by atoms with E-state index in [1.165, 1.54) is 0 Å². The van der Waals surface area contributed by atoms with Crippen molar-refractivity contribution in [1.29, 1.82) is 0 Å². The van der Waals surface area contributed by atoms with Crippen LogP contribution in [0.5, 0.6) is 5.75 Å². The van der Waals surface area contributed by atoms with E-state index in [-0.39, 0.29) is 19.3 Å². The molecule has 1 fully saturated rings. The molecule has 0 amide bonds. The Morgan fingerprint density at radius 3 is 2.67 bits per heavy atom. The molecule has 116 valence electrons. The van der Waals surface area contributed by atoms with E-state index < -0.39 is 11.4 Å². The van der Waals surface area contributed by atoms with Crippen LogP contribution in [-0.4, -0.2) is 48.3 Å². The van der Waals surface area contributed by atoms with Crippen LogP contribution >= 0.6 is 0 Å². The van der Waals surface area contributed by atoms with Gasteiger partial charge in [-0.15, -0.1) is 4.31 Å². The molecular formula is C14H19FN2O3S. The predicted octanol–water partition coefficient (Wildman–Crippen LogP) is 1.23. The first-order chi connectivity index (χ1) is 10.2. The number of methoxy groups -OCH3 is 1. The summed E-state index contributed by atoms with van der Waals surface area (Å²) in [6.07, 6.45) is 0.623. The number of hydrogen-bond acceptors (Lipinski definition) is 5. The highest BCUT2D eigenvalue weighted by atomic mass is 32.2. The van der Waals surface area contributed by atoms with Crippen LogP contribution < -0.4 is 10.5 Å². The van der Waals surface area contributed by atoms with Crippen molar-refractivity contribution in [3.05, 3.63) is 36.2 Å². The first-order valence-corrected chi connectivity index (χ1v) is 7.69. The highest BCUT2D eigenvalue weighted by molar-refractivity contribution is 7.89. The van der Waals surface area contributed by atoms with Crippen LogP contribution in [0.25, 0.3) is 0 Å². The summed E-state index contributed by atoms with van der Waals surface area (Å²) < 4.78 is 37.0. The normalized spacial score (nSPS) is 18.4. The Balaban J connectivity index is 1.87. The van der Waals surface area contributed by atoms with Gasteiger partial charge in [-0.3, -0.25) is 0 Å². The maximum atomic E-state index is 12.3. The van der Waals surface area contributed by atoms with E-state index >= 15 is 0 Å². The van der Waals surface area contributed by atoms with Crippen molar-refractivity contribution in [2.45, 2.75) is 11.0 Å². The van der Waals surface area contributed by atoms with E-state index in [2.05, 4.69) is 0 Å². The first kappa shape index (κ1) is 16.3. The third kappa shape index (κ3) is 4.18. The second kappa shape index (κ2) is 7.77. The summed E-state index contributed by atoms with van der Waals surface area (Å²) in [6, 6.07) is 6.92. The highest BCUT2D eigenvalue weighted by Crippen LogP contribution is 2.24. The van der Waals surface area contributed by atoms with Gasteiger partial charge in [-0.25, -0.2) is 4.39 Å². The van der Waals surface area contributed by atoms with Crippen molar-refractivity contribution < 1.29 is 18.4 Å². The summed E-state index contributed by atoms with van der Waals surface area (Å²) in [7, 11) is 1.65. The molecule has 0 saturated carbocycles. The van der Waals surface area contributed by atoms with Crippen molar-refractivity contribution in [3.63, 3.8) is 0 Å². The Bertz CT molecular complexity index is 478. The standard InChI is InChI=1S/C14H19FN2O3S/c1-19-13-8-17(9-13)21(18)14-4-2-12(3-5-14)20-10-11(6-15)7-16/h2-6,13H,7-10,16H2,1H3/b11-6+. The van der Waals surface area contributed by atoms with Gasteiger partial charge in [-0.2, -0.15) is 0 Å². The van der Waals surface area contributed by atoms with Crippen molar-refractivity contribution in [2.24, 2.45) is 5.73 Å². The molecule has 0 aliphatic carbocycles. The molecule has 7 heteroatoms. The van der Waals surface area contributed by atoms with E-state index in [1.807, 2.05) is 4.31 Å². The predicted molar refractivity (Wildman–Crippen MR) is 79.0 cm³/mol. The quantitative estimate of drug-likeness (QED) is 0.767. The summed E-state index contributed by atoms with van der Waals surface area (Å²) in [4.78, 5) is 0.706. The minimum Gasteiger partial charge on any atom is -0.593 e. The average Bonchev–Trinajstić information content (AvgIpc) is 2.47. The molecule has 0 aromatic heterocycles. The Hall–Kier alpha value is -1.12. The largest absolute Gasteiger partial charge is 0.593 e. The van der Waals surface area contributed by atoms with E-state index in [0.29, 0.717) is 35.6 Å². The number of hydrogen-bond donors (Lipinski definition) is 1. The van der Waals surface area contributed by atoms with E-state index in [4.69, 9.17) is 15.2 Å². The second-order valence-corrected chi connectivity index (χ2v) is 6.17. The fraction of sp³-hybridized carbons (Fsp3) is 0.429. The SMILES string of the molecule is COC1CN([S+]([O-])c2ccc(OC/C(=C/F)CN)cc2)C1. The van der Waals surface area contributed by atoms with Gasteiger partial charge < -0.3 is 19.8 Å². The van der Waals surface area contributed by atoms with Crippen molar-refractivity contribution >= 4 is 11.4 Å². The number of nitrogens with zero attached hydrogens (tertiary/aromatic N) is 1. The smallest absolute Gasteiger partial charge is 0.174 e. The third-order valence-electron chi connectivity index (χ3n) is 3.25. The Morgan fingerprint density at radius 1 is 1.48 bits per heavy atom. The molecule has 1 heterocycles. The molecule has 0 radical (unpaired) electrons. The lowest BCUT2D eigenvalue weighted by molar-refractivity contribution is 0.0125. The molecule has 1 aliphatic rings. The third-order valence-corrected chi connectivity index (χ3v) is 4.69. The molecular weight excluding hydrogens is 295 g/mol. The van der Waals surface area contributed by atoms with E-state index in [9.17, 15) is 8.94 Å². The Kier molecular flexibility index (Phi) is 6.01. The van der Waals surface area contributed by atoms with Gasteiger partial charge in [0.25, 0.3) is 0 Å². The van der Waals surface area contributed by atoms with Crippen molar-refractivity contribution in [3.8, 4) is 5.75 Å². The van der Waals surface area contributed by atoms with Gasteiger partial charge in [-0.05, 0) is 24.3 Å². The molecule has 2 N–H and O–H groups in total. The summed E-state index contributed by atoms with van der Waals surface area (Å²) in [6.45, 7) is 1.57. The second-order valence-electron chi connectivity index (χ2n) is 4.69. The zero-order valence-corrected chi connectivity index (χ0v) is 12.6. The van der Waals surface area contributed by atoms with Crippen LogP contribution in [0.1, 0.15) is 0 Å². The number of benzene rings is 1. The van der Waals surface area contributed by atoms with Gasteiger partial charge in [0.15, 0.2) is 4.90 Å². The van der Waals surface area contributed by atoms with Crippen LogP contribution in [0.2, 0.25) is 0 Å². The summed E-state index contributed by atoms with van der Waals surface area (Å²) >= 11 is -1.18. The fourth-order valence-electron chi connectivity index (χ4n) is 1.80. The van der Waals surface area contributed by atoms with Gasteiger partial charge in [0.2, 0.25) is 0 Å². The molecule has 1 aliphatic heterocycles. The summed E-state index contributed by atoms with van der Waals surface area (Å²) in [5.41, 5.74) is 5.73. The molecule has 5 nitrogen and oxygen atoms in total. The monoisotopic (exact) mass is 314 g/mol. The topological polar surface area (TPSA) is 70.8 Å². The van der Waals surface area contributed by atoms with Crippen LogP contribution in [-0.2, 0) is 16.1 Å². The minimum absolute atomic E-state index is 0.108. The highest BCUT2D eigenvalue weighted by Gasteiger charge is 2.36. The summed E-state index contributed by atoms with van der Waals surface area (Å²) in [5.74, 6) is 0.585. The average molecular weight is 314 g/mol. The molecule has 0 spiro atoms. The Labute approximate surface area is 126 Å². The molecule has 1 saturated heterocycles. The van der Waals surface area contributed by atoms with Crippen molar-refractivity contribution in [2.75, 3.05) is 33.4 Å².